The van der Waals surface area contributed by atoms with Crippen molar-refractivity contribution in [2.75, 3.05) is 0 Å². The zero-order valence-corrected chi connectivity index (χ0v) is 25.3. The van der Waals surface area contributed by atoms with Crippen molar-refractivity contribution in [2.24, 2.45) is 23.2 Å². The van der Waals surface area contributed by atoms with Gasteiger partial charge in [0.2, 0.25) is 0 Å². The molecule has 0 N–H and O–H groups in total. The van der Waals surface area contributed by atoms with E-state index in [1.54, 1.807) is 33.4 Å². The van der Waals surface area contributed by atoms with Crippen LogP contribution in [0.25, 0.3) is 0 Å². The number of allylic oxidation sites excluding steroid dienone is 1. The highest BCUT2D eigenvalue weighted by Crippen LogP contribution is 2.43. The third kappa shape index (κ3) is 9.40. The van der Waals surface area contributed by atoms with Crippen LogP contribution in [0, 0.1) is 43.9 Å². The Kier molecular flexibility index (Phi) is 12.1. The molecule has 1 aliphatic carbocycles. The Hall–Kier alpha value is -1.04. The van der Waals surface area contributed by atoms with Crippen molar-refractivity contribution in [1.82, 2.24) is 0 Å². The number of rotatable bonds is 15. The Morgan fingerprint density at radius 3 is 1.94 bits per heavy atom. The molecule has 0 heteroatoms. The zero-order valence-electron chi connectivity index (χ0n) is 25.3. The molecule has 0 aliphatic heterocycles. The lowest BCUT2D eigenvalue weighted by Crippen LogP contribution is -2.28. The topological polar surface area (TPSA) is 0 Å². The van der Waals surface area contributed by atoms with Crippen LogP contribution in [0.1, 0.15) is 146 Å². The molecule has 3 atom stereocenters. The van der Waals surface area contributed by atoms with Crippen LogP contribution in [-0.2, 0) is 19.3 Å². The predicted octanol–water partition coefficient (Wildman–Crippen LogP) is 11.1. The Labute approximate surface area is 220 Å². The lowest BCUT2D eigenvalue weighted by molar-refractivity contribution is 0.238. The largest absolute Gasteiger partial charge is 0.100 e. The second kappa shape index (κ2) is 14.0. The molecule has 1 aromatic carbocycles. The van der Waals surface area contributed by atoms with Crippen LogP contribution >= 0.6 is 0 Å². The minimum Gasteiger partial charge on any atom is -0.100 e. The van der Waals surface area contributed by atoms with Gasteiger partial charge in [-0.2, -0.15) is 0 Å². The molecule has 35 heavy (non-hydrogen) atoms. The summed E-state index contributed by atoms with van der Waals surface area (Å²) in [6, 6.07) is 0. The molecule has 0 nitrogen and oxygen atoms in total. The lowest BCUT2D eigenvalue weighted by Gasteiger charge is -2.38. The maximum atomic E-state index is 4.14. The van der Waals surface area contributed by atoms with Crippen molar-refractivity contribution in [3.05, 3.63) is 45.5 Å². The van der Waals surface area contributed by atoms with E-state index in [2.05, 4.69) is 68.9 Å². The lowest BCUT2D eigenvalue weighted by atomic mass is 9.67. The molecule has 0 saturated heterocycles. The van der Waals surface area contributed by atoms with Crippen molar-refractivity contribution >= 4 is 0 Å². The Morgan fingerprint density at radius 2 is 1.37 bits per heavy atom. The molecule has 0 saturated carbocycles. The van der Waals surface area contributed by atoms with Crippen molar-refractivity contribution in [3.8, 4) is 0 Å². The van der Waals surface area contributed by atoms with E-state index in [4.69, 9.17) is 0 Å². The fourth-order valence-electron chi connectivity index (χ4n) is 6.67. The molecule has 0 bridgehead atoms. The minimum absolute atomic E-state index is 0.487. The summed E-state index contributed by atoms with van der Waals surface area (Å²) in [5.41, 5.74) is 11.5. The van der Waals surface area contributed by atoms with E-state index in [0.717, 1.165) is 30.6 Å². The fourth-order valence-corrected chi connectivity index (χ4v) is 6.67. The van der Waals surface area contributed by atoms with E-state index < -0.39 is 0 Å². The summed E-state index contributed by atoms with van der Waals surface area (Å²) in [5, 5.41) is 0. The van der Waals surface area contributed by atoms with Crippen molar-refractivity contribution in [1.29, 1.82) is 0 Å². The molecule has 200 valence electrons. The molecule has 3 unspecified atom stereocenters. The molecule has 0 spiro atoms. The van der Waals surface area contributed by atoms with E-state index in [9.17, 15) is 0 Å². The first-order chi connectivity index (χ1) is 16.4. The van der Waals surface area contributed by atoms with Gasteiger partial charge in [0.05, 0.1) is 0 Å². The normalized spacial score (nSPS) is 19.6. The second-order valence-corrected chi connectivity index (χ2v) is 13.6. The van der Waals surface area contributed by atoms with Crippen LogP contribution in [0.2, 0.25) is 0 Å². The van der Waals surface area contributed by atoms with E-state index >= 15 is 0 Å². The average molecular weight is 481 g/mol. The van der Waals surface area contributed by atoms with Crippen LogP contribution in [0.15, 0.2) is 12.2 Å². The molecule has 0 fully saturated rings. The van der Waals surface area contributed by atoms with E-state index in [0.29, 0.717) is 5.41 Å². The number of hydrogen-bond acceptors (Lipinski definition) is 0. The van der Waals surface area contributed by atoms with E-state index in [1.807, 2.05) is 0 Å². The molecular weight excluding hydrogens is 420 g/mol. The highest BCUT2D eigenvalue weighted by Gasteiger charge is 2.32. The van der Waals surface area contributed by atoms with E-state index in [1.165, 1.54) is 82.6 Å². The van der Waals surface area contributed by atoms with Gasteiger partial charge in [0.15, 0.2) is 0 Å². The first-order valence-electron chi connectivity index (χ1n) is 15.2. The molecular formula is C35H60. The third-order valence-corrected chi connectivity index (χ3v) is 9.47. The Balaban J connectivity index is 1.83. The van der Waals surface area contributed by atoms with Gasteiger partial charge in [-0.3, -0.25) is 0 Å². The van der Waals surface area contributed by atoms with Gasteiger partial charge in [-0.25, -0.2) is 0 Å². The van der Waals surface area contributed by atoms with E-state index in [-0.39, 0.29) is 0 Å². The first kappa shape index (κ1) is 30.2. The summed E-state index contributed by atoms with van der Waals surface area (Å²) < 4.78 is 0. The van der Waals surface area contributed by atoms with Gasteiger partial charge in [0, 0.05) is 0 Å². The number of benzene rings is 1. The van der Waals surface area contributed by atoms with Crippen LogP contribution in [0.3, 0.4) is 0 Å². The SMILES string of the molecule is C=C(C)CCc1c(C)c(C)c2c(c1C)CCC(C)(CCCC(C)CCCC(C)CCCC(C)C)C2. The van der Waals surface area contributed by atoms with Gasteiger partial charge in [-0.05, 0) is 123 Å². The number of hydrogen-bond donors (Lipinski definition) is 0. The maximum Gasteiger partial charge on any atom is -0.0219 e. The minimum atomic E-state index is 0.487. The Morgan fingerprint density at radius 1 is 0.800 bits per heavy atom. The summed E-state index contributed by atoms with van der Waals surface area (Å²) in [4.78, 5) is 0. The van der Waals surface area contributed by atoms with Crippen LogP contribution < -0.4 is 0 Å². The van der Waals surface area contributed by atoms with Gasteiger partial charge >= 0.3 is 0 Å². The van der Waals surface area contributed by atoms with Crippen LogP contribution in [-0.4, -0.2) is 0 Å². The second-order valence-electron chi connectivity index (χ2n) is 13.6. The zero-order chi connectivity index (χ0) is 26.2. The molecule has 0 aromatic heterocycles. The summed E-state index contributed by atoms with van der Waals surface area (Å²) in [6.45, 7) is 25.7. The third-order valence-electron chi connectivity index (χ3n) is 9.47. The summed E-state index contributed by atoms with van der Waals surface area (Å²) >= 11 is 0. The van der Waals surface area contributed by atoms with Crippen molar-refractivity contribution < 1.29 is 0 Å². The molecule has 1 aliphatic rings. The molecule has 1 aromatic rings. The van der Waals surface area contributed by atoms with Gasteiger partial charge in [-0.15, -0.1) is 6.58 Å². The average Bonchev–Trinajstić information content (AvgIpc) is 2.77. The summed E-state index contributed by atoms with van der Waals surface area (Å²) in [7, 11) is 0. The van der Waals surface area contributed by atoms with Gasteiger partial charge < -0.3 is 0 Å². The van der Waals surface area contributed by atoms with Gasteiger partial charge in [0.25, 0.3) is 0 Å². The highest BCUT2D eigenvalue weighted by molar-refractivity contribution is 5.52. The summed E-state index contributed by atoms with van der Waals surface area (Å²) in [5.74, 6) is 2.67. The molecule has 2 rings (SSSR count). The van der Waals surface area contributed by atoms with Gasteiger partial charge in [-0.1, -0.05) is 91.6 Å². The smallest absolute Gasteiger partial charge is 0.0219 e. The fraction of sp³-hybridized carbons (Fsp3) is 0.771. The highest BCUT2D eigenvalue weighted by atomic mass is 14.4. The summed E-state index contributed by atoms with van der Waals surface area (Å²) in [6.07, 6.45) is 19.0. The standard InChI is InChI=1S/C35H60/c1-25(2)14-11-15-27(5)16-12-17-28(6)18-13-22-35(10)23-21-33-31(9)32(20-19-26(3)4)29(7)30(8)34(33)24-35/h25,27-28H,3,11-24H2,1-2,4-10H3. The Bertz CT molecular complexity index is 810. The van der Waals surface area contributed by atoms with Crippen LogP contribution in [0.5, 0.6) is 0 Å². The molecule has 0 amide bonds. The monoisotopic (exact) mass is 480 g/mol. The maximum absolute atomic E-state index is 4.14. The quantitative estimate of drug-likeness (QED) is 0.219. The molecule has 0 heterocycles. The predicted molar refractivity (Wildman–Crippen MR) is 159 cm³/mol. The first-order valence-corrected chi connectivity index (χ1v) is 15.2. The van der Waals surface area contributed by atoms with Gasteiger partial charge in [0.1, 0.15) is 0 Å². The van der Waals surface area contributed by atoms with Crippen molar-refractivity contribution in [3.63, 3.8) is 0 Å². The van der Waals surface area contributed by atoms with Crippen molar-refractivity contribution in [2.45, 2.75) is 152 Å². The van der Waals surface area contributed by atoms with Crippen LogP contribution in [0.4, 0.5) is 0 Å². The molecule has 0 radical (unpaired) electrons. The number of fused-ring (bicyclic) bond motifs is 1.